The number of hydrogen-bond donors (Lipinski definition) is 3. The molecule has 10 nitrogen and oxygen atoms in total. The normalized spacial score (nSPS) is 15.6. The van der Waals surface area contributed by atoms with Crippen LogP contribution in [0, 0.1) is 5.82 Å². The number of aromatic nitrogens is 4. The van der Waals surface area contributed by atoms with Crippen molar-refractivity contribution in [3.63, 3.8) is 0 Å². The van der Waals surface area contributed by atoms with Crippen molar-refractivity contribution >= 4 is 23.2 Å². The zero-order chi connectivity index (χ0) is 23.9. The largest absolute Gasteiger partial charge is 0.396 e. The highest BCUT2D eigenvalue weighted by atomic mass is 19.1. The summed E-state index contributed by atoms with van der Waals surface area (Å²) < 4.78 is 15.2. The van der Waals surface area contributed by atoms with Gasteiger partial charge in [0, 0.05) is 31.1 Å². The van der Waals surface area contributed by atoms with Gasteiger partial charge in [-0.15, -0.1) is 0 Å². The summed E-state index contributed by atoms with van der Waals surface area (Å²) in [4.78, 5) is 39.7. The first-order valence-electron chi connectivity index (χ1n) is 11.1. The Morgan fingerprint density at radius 3 is 2.74 bits per heavy atom. The molecule has 1 spiro atoms. The number of nitrogens with one attached hydrogen (secondary N) is 1. The van der Waals surface area contributed by atoms with Crippen molar-refractivity contribution in [3.05, 3.63) is 64.1 Å². The Hall–Kier alpha value is -3.86. The summed E-state index contributed by atoms with van der Waals surface area (Å²) in [5, 5.41) is 12.3. The zero-order valence-electron chi connectivity index (χ0n) is 18.4. The van der Waals surface area contributed by atoms with Gasteiger partial charge in [-0.2, -0.15) is 9.97 Å². The van der Waals surface area contributed by atoms with Crippen LogP contribution in [0.3, 0.4) is 0 Å². The molecule has 0 saturated heterocycles. The number of fused-ring (bicyclic) bond motifs is 2. The first-order chi connectivity index (χ1) is 16.4. The molecule has 1 fully saturated rings. The molecule has 5 rings (SSSR count). The SMILES string of the molecule is Nc1ccn(-c2ncc(CN3C(=O)C4(CC4)c4ccc(F)cc43)c(NCCCCO)n2)c(=O)n1. The quantitative estimate of drug-likeness (QED) is 0.426. The van der Waals surface area contributed by atoms with Gasteiger partial charge >= 0.3 is 5.69 Å². The van der Waals surface area contributed by atoms with Gasteiger partial charge in [0.2, 0.25) is 11.9 Å². The smallest absolute Gasteiger partial charge is 0.356 e. The molecule has 2 aliphatic rings. The second kappa shape index (κ2) is 8.49. The summed E-state index contributed by atoms with van der Waals surface area (Å²) in [7, 11) is 0. The number of carbonyl (C=O) groups is 1. The number of hydrogen-bond acceptors (Lipinski definition) is 8. The van der Waals surface area contributed by atoms with Crippen LogP contribution in [0.2, 0.25) is 0 Å². The number of halogens is 1. The second-order valence-electron chi connectivity index (χ2n) is 8.54. The van der Waals surface area contributed by atoms with Crippen LogP contribution in [-0.2, 0) is 16.8 Å². The monoisotopic (exact) mass is 465 g/mol. The Morgan fingerprint density at radius 1 is 1.18 bits per heavy atom. The Bertz CT molecular complexity index is 1320. The summed E-state index contributed by atoms with van der Waals surface area (Å²) in [6.45, 7) is 0.735. The van der Waals surface area contributed by atoms with Gasteiger partial charge in [-0.3, -0.25) is 4.79 Å². The summed E-state index contributed by atoms with van der Waals surface area (Å²) >= 11 is 0. The van der Waals surface area contributed by atoms with Crippen molar-refractivity contribution in [2.45, 2.75) is 37.6 Å². The number of nitrogen functional groups attached to an aromatic ring is 1. The Labute approximate surface area is 194 Å². The predicted octanol–water partition coefficient (Wildman–Crippen LogP) is 1.51. The van der Waals surface area contributed by atoms with Crippen LogP contribution >= 0.6 is 0 Å². The number of aliphatic hydroxyl groups is 1. The fourth-order valence-corrected chi connectivity index (χ4v) is 4.35. The first kappa shape index (κ1) is 22.0. The summed E-state index contributed by atoms with van der Waals surface area (Å²) in [5.41, 5.74) is 6.44. The van der Waals surface area contributed by atoms with Crippen LogP contribution < -0.4 is 21.6 Å². The van der Waals surface area contributed by atoms with E-state index in [0.29, 0.717) is 36.5 Å². The van der Waals surface area contributed by atoms with Crippen molar-refractivity contribution in [2.75, 3.05) is 29.1 Å². The van der Waals surface area contributed by atoms with Gasteiger partial charge in [-0.25, -0.2) is 18.7 Å². The lowest BCUT2D eigenvalue weighted by Crippen LogP contribution is -2.32. The lowest BCUT2D eigenvalue weighted by molar-refractivity contribution is -0.120. The number of benzene rings is 1. The molecule has 0 radical (unpaired) electrons. The van der Waals surface area contributed by atoms with Crippen LogP contribution in [0.5, 0.6) is 0 Å². The molecular formula is C23H24FN7O3. The van der Waals surface area contributed by atoms with Crippen LogP contribution in [0.15, 0.2) is 41.5 Å². The van der Waals surface area contributed by atoms with Gasteiger partial charge in [0.25, 0.3) is 0 Å². The van der Waals surface area contributed by atoms with Crippen molar-refractivity contribution in [1.82, 2.24) is 19.5 Å². The molecule has 11 heteroatoms. The summed E-state index contributed by atoms with van der Waals surface area (Å²) in [6.07, 6.45) is 5.78. The molecule has 34 heavy (non-hydrogen) atoms. The fraction of sp³-hybridized carbons (Fsp3) is 0.348. The molecule has 2 aromatic heterocycles. The Morgan fingerprint density at radius 2 is 2.00 bits per heavy atom. The first-order valence-corrected chi connectivity index (χ1v) is 11.1. The van der Waals surface area contributed by atoms with Crippen LogP contribution in [-0.4, -0.2) is 43.7 Å². The van der Waals surface area contributed by atoms with E-state index >= 15 is 0 Å². The highest BCUT2D eigenvalue weighted by molar-refractivity contribution is 6.10. The number of carbonyl (C=O) groups excluding carboxylic acids is 1. The number of nitrogens with zero attached hydrogens (tertiary/aromatic N) is 5. The molecule has 1 amide bonds. The van der Waals surface area contributed by atoms with E-state index in [1.807, 2.05) is 0 Å². The molecule has 0 bridgehead atoms. The molecule has 1 aromatic carbocycles. The molecule has 1 aliphatic heterocycles. The van der Waals surface area contributed by atoms with Gasteiger partial charge in [0.1, 0.15) is 17.5 Å². The minimum absolute atomic E-state index is 0.0534. The maximum absolute atomic E-state index is 14.1. The number of unbranched alkanes of at least 4 members (excludes halogenated alkanes) is 1. The Balaban J connectivity index is 1.50. The van der Waals surface area contributed by atoms with E-state index in [1.165, 1.54) is 29.0 Å². The highest BCUT2D eigenvalue weighted by Crippen LogP contribution is 2.57. The number of anilines is 3. The van der Waals surface area contributed by atoms with Crippen LogP contribution in [0.1, 0.15) is 36.8 Å². The van der Waals surface area contributed by atoms with Gasteiger partial charge in [-0.1, -0.05) is 6.07 Å². The van der Waals surface area contributed by atoms with E-state index < -0.39 is 16.9 Å². The summed E-state index contributed by atoms with van der Waals surface area (Å²) in [5.74, 6) is 0.173. The fourth-order valence-electron chi connectivity index (χ4n) is 4.35. The summed E-state index contributed by atoms with van der Waals surface area (Å²) in [6, 6.07) is 5.95. The molecule has 0 atom stereocenters. The van der Waals surface area contributed by atoms with Gasteiger partial charge in [0.15, 0.2) is 0 Å². The lowest BCUT2D eigenvalue weighted by Gasteiger charge is -2.20. The maximum Gasteiger partial charge on any atom is 0.356 e. The number of nitrogens with two attached hydrogens (primary N) is 1. The molecule has 0 unspecified atom stereocenters. The molecular weight excluding hydrogens is 441 g/mol. The number of aliphatic hydroxyl groups excluding tert-OH is 1. The van der Waals surface area contributed by atoms with E-state index in [2.05, 4.69) is 20.3 Å². The van der Waals surface area contributed by atoms with Crippen LogP contribution in [0.4, 0.5) is 21.7 Å². The number of rotatable bonds is 8. The van der Waals surface area contributed by atoms with Gasteiger partial charge < -0.3 is 21.1 Å². The minimum Gasteiger partial charge on any atom is -0.396 e. The van der Waals surface area contributed by atoms with Gasteiger partial charge in [0.05, 0.1) is 17.6 Å². The van der Waals surface area contributed by atoms with E-state index in [9.17, 15) is 14.0 Å². The van der Waals surface area contributed by atoms with Crippen molar-refractivity contribution in [2.24, 2.45) is 0 Å². The molecule has 3 aromatic rings. The van der Waals surface area contributed by atoms with E-state index in [1.54, 1.807) is 17.2 Å². The third-order valence-electron chi connectivity index (χ3n) is 6.27. The molecule has 1 aliphatic carbocycles. The minimum atomic E-state index is -0.617. The average molecular weight is 465 g/mol. The van der Waals surface area contributed by atoms with E-state index in [-0.39, 0.29) is 30.8 Å². The molecule has 176 valence electrons. The van der Waals surface area contributed by atoms with Crippen molar-refractivity contribution in [1.29, 1.82) is 0 Å². The predicted molar refractivity (Wildman–Crippen MR) is 123 cm³/mol. The molecule has 1 saturated carbocycles. The van der Waals surface area contributed by atoms with Gasteiger partial charge in [-0.05, 0) is 49.4 Å². The lowest BCUT2D eigenvalue weighted by atomic mass is 9.98. The third kappa shape index (κ3) is 3.77. The molecule has 3 heterocycles. The average Bonchev–Trinajstić information content (AvgIpc) is 3.58. The maximum atomic E-state index is 14.1. The van der Waals surface area contributed by atoms with Crippen molar-refractivity contribution < 1.29 is 14.3 Å². The van der Waals surface area contributed by atoms with Crippen molar-refractivity contribution in [3.8, 4) is 5.95 Å². The second-order valence-corrected chi connectivity index (χ2v) is 8.54. The topological polar surface area (TPSA) is 139 Å². The standard InChI is InChI=1S/C23H24FN7O3/c24-15-3-4-16-17(11-15)31(20(33)23(16)6-7-23)13-14-12-27-21(29-19(14)26-8-1-2-10-32)30-9-5-18(25)28-22(30)34/h3-5,9,11-12,32H,1-2,6-8,10,13H2,(H2,25,28,34)(H,26,27,29). The highest BCUT2D eigenvalue weighted by Gasteiger charge is 2.59. The van der Waals surface area contributed by atoms with Crippen LogP contribution in [0.25, 0.3) is 5.95 Å². The zero-order valence-corrected chi connectivity index (χ0v) is 18.4. The Kier molecular flexibility index (Phi) is 5.48. The third-order valence-corrected chi connectivity index (χ3v) is 6.27. The van der Waals surface area contributed by atoms with E-state index in [4.69, 9.17) is 10.8 Å². The van der Waals surface area contributed by atoms with E-state index in [0.717, 1.165) is 18.4 Å². The number of amides is 1. The molecule has 4 N–H and O–H groups in total.